The smallest absolute Gasteiger partial charge is 0.308 e. The molecule has 0 bridgehead atoms. The lowest BCUT2D eigenvalue weighted by Gasteiger charge is -2.42. The molecule has 10 nitrogen and oxygen atoms in total. The number of likely N-dealkylation sites (tertiary alicyclic amines) is 2. The van der Waals surface area contributed by atoms with E-state index in [9.17, 15) is 14.4 Å². The number of benzene rings is 2. The number of likely N-dealkylation sites (N-methyl/N-ethyl adjacent to an activating group) is 1. The fourth-order valence-electron chi connectivity index (χ4n) is 7.64. The molecular weight excluding hydrogens is 639 g/mol. The summed E-state index contributed by atoms with van der Waals surface area (Å²) in [4.78, 5) is 45.4. The van der Waals surface area contributed by atoms with Crippen LogP contribution in [0.5, 0.6) is 0 Å². The number of ether oxygens (including phenoxy) is 3. The molecule has 3 aliphatic heterocycles. The molecule has 1 N–H and O–H groups in total. The van der Waals surface area contributed by atoms with Crippen LogP contribution in [0.4, 0.5) is 15.8 Å². The van der Waals surface area contributed by atoms with Gasteiger partial charge < -0.3 is 29.3 Å². The van der Waals surface area contributed by atoms with Crippen LogP contribution in [0.2, 0.25) is 5.02 Å². The lowest BCUT2D eigenvalue weighted by molar-refractivity contribution is -0.150. The number of fused-ring (bicyclic) bond motifs is 1. The zero-order valence-corrected chi connectivity index (χ0v) is 28.7. The fraction of sp³-hybridized carbons (Fsp3) is 0.583. The van der Waals surface area contributed by atoms with Crippen molar-refractivity contribution in [1.82, 2.24) is 9.80 Å². The number of nitrogens with one attached hydrogen (secondary N) is 1. The van der Waals surface area contributed by atoms with Gasteiger partial charge in [-0.05, 0) is 68.4 Å². The quantitative estimate of drug-likeness (QED) is 0.342. The molecule has 2 aromatic carbocycles. The Kier molecular flexibility index (Phi) is 10.9. The highest BCUT2D eigenvalue weighted by molar-refractivity contribution is 6.33. The van der Waals surface area contributed by atoms with E-state index < -0.39 is 11.7 Å². The highest BCUT2D eigenvalue weighted by Gasteiger charge is 2.42. The van der Waals surface area contributed by atoms with Crippen LogP contribution in [-0.2, 0) is 35.0 Å². The highest BCUT2D eigenvalue weighted by Crippen LogP contribution is 2.37. The number of carbonyl (C=O) groups excluding carboxylic acids is 3. The van der Waals surface area contributed by atoms with E-state index in [0.717, 1.165) is 56.4 Å². The molecular formula is C36H46ClFN4O6. The normalized spacial score (nSPS) is 25.9. The average molecular weight is 685 g/mol. The predicted molar refractivity (Wildman–Crippen MR) is 181 cm³/mol. The molecule has 48 heavy (non-hydrogen) atoms. The van der Waals surface area contributed by atoms with E-state index in [2.05, 4.69) is 10.2 Å². The van der Waals surface area contributed by atoms with Gasteiger partial charge in [-0.15, -0.1) is 0 Å². The SMILES string of the molecule is CCOC(=O)[C@H]1CC[C@H](OC[C@@H]2C[C@H](N3CC(OC)C3)CN2C(=O)Cc2cc(Cl)c(NC(=O)C3CN(C)c4ccccc43)cc2F)CC1. The molecule has 1 saturated carbocycles. The Balaban J connectivity index is 1.09. The molecule has 3 heterocycles. The molecule has 0 spiro atoms. The van der Waals surface area contributed by atoms with Crippen LogP contribution >= 0.6 is 11.6 Å². The van der Waals surface area contributed by atoms with Gasteiger partial charge in [0.15, 0.2) is 0 Å². The van der Waals surface area contributed by atoms with Gasteiger partial charge in [0.25, 0.3) is 0 Å². The fourth-order valence-corrected chi connectivity index (χ4v) is 7.87. The number of methoxy groups -OCH3 is 1. The van der Waals surface area contributed by atoms with E-state index in [1.54, 1.807) is 7.11 Å². The summed E-state index contributed by atoms with van der Waals surface area (Å²) in [5.74, 6) is -1.68. The zero-order chi connectivity index (χ0) is 33.9. The number of rotatable bonds is 11. The molecule has 6 rings (SSSR count). The monoisotopic (exact) mass is 684 g/mol. The maximum atomic E-state index is 15.5. The minimum absolute atomic E-state index is 0.0191. The topological polar surface area (TPSA) is 101 Å². The minimum atomic E-state index is -0.598. The predicted octanol–water partition coefficient (Wildman–Crippen LogP) is 4.63. The van der Waals surface area contributed by atoms with Crippen molar-refractivity contribution in [2.45, 2.75) is 75.7 Å². The minimum Gasteiger partial charge on any atom is -0.466 e. The van der Waals surface area contributed by atoms with Crippen molar-refractivity contribution >= 4 is 40.8 Å². The summed E-state index contributed by atoms with van der Waals surface area (Å²) in [6.07, 6.45) is 3.81. The third-order valence-electron chi connectivity index (χ3n) is 10.5. The number of nitrogens with zero attached hydrogens (tertiary/aromatic N) is 3. The molecule has 12 heteroatoms. The van der Waals surface area contributed by atoms with Gasteiger partial charge >= 0.3 is 5.97 Å². The van der Waals surface area contributed by atoms with Crippen LogP contribution in [0.1, 0.15) is 56.1 Å². The van der Waals surface area contributed by atoms with Crippen LogP contribution in [0.15, 0.2) is 36.4 Å². The van der Waals surface area contributed by atoms with E-state index in [-0.39, 0.29) is 70.7 Å². The molecule has 1 aliphatic carbocycles. The van der Waals surface area contributed by atoms with Gasteiger partial charge in [0.2, 0.25) is 11.8 Å². The Hall–Kier alpha value is -3.25. The number of carbonyl (C=O) groups is 3. The second-order valence-electron chi connectivity index (χ2n) is 13.5. The number of halogens is 2. The summed E-state index contributed by atoms with van der Waals surface area (Å²) >= 11 is 6.57. The van der Waals surface area contributed by atoms with Crippen LogP contribution in [0.25, 0.3) is 0 Å². The van der Waals surface area contributed by atoms with Gasteiger partial charge in [0.1, 0.15) is 5.82 Å². The van der Waals surface area contributed by atoms with E-state index >= 15 is 4.39 Å². The Morgan fingerprint density at radius 3 is 2.50 bits per heavy atom. The van der Waals surface area contributed by atoms with E-state index in [1.807, 2.05) is 48.0 Å². The molecule has 260 valence electrons. The van der Waals surface area contributed by atoms with Gasteiger partial charge in [0, 0.05) is 52.1 Å². The van der Waals surface area contributed by atoms with Gasteiger partial charge in [-0.3, -0.25) is 19.3 Å². The van der Waals surface area contributed by atoms with Crippen LogP contribution in [0, 0.1) is 11.7 Å². The maximum Gasteiger partial charge on any atom is 0.308 e. The van der Waals surface area contributed by atoms with Crippen molar-refractivity contribution in [2.75, 3.05) is 63.8 Å². The van der Waals surface area contributed by atoms with Crippen molar-refractivity contribution in [3.63, 3.8) is 0 Å². The lowest BCUT2D eigenvalue weighted by atomic mass is 9.87. The molecule has 3 fully saturated rings. The molecule has 2 amide bonds. The second kappa shape index (κ2) is 15.1. The third-order valence-corrected chi connectivity index (χ3v) is 10.8. The first kappa shape index (κ1) is 34.6. The molecule has 2 saturated heterocycles. The van der Waals surface area contributed by atoms with Crippen molar-refractivity contribution < 1.29 is 33.0 Å². The molecule has 0 aromatic heterocycles. The first-order valence-corrected chi connectivity index (χ1v) is 17.5. The van der Waals surface area contributed by atoms with E-state index in [0.29, 0.717) is 26.3 Å². The number of esters is 1. The van der Waals surface area contributed by atoms with Gasteiger partial charge in [0.05, 0.1) is 60.4 Å². The number of hydrogen-bond acceptors (Lipinski definition) is 8. The Morgan fingerprint density at radius 1 is 1.02 bits per heavy atom. The lowest BCUT2D eigenvalue weighted by Crippen LogP contribution is -2.56. The summed E-state index contributed by atoms with van der Waals surface area (Å²) in [7, 11) is 3.64. The second-order valence-corrected chi connectivity index (χ2v) is 13.9. The molecule has 2 aromatic rings. The Morgan fingerprint density at radius 2 is 1.77 bits per heavy atom. The van der Waals surface area contributed by atoms with Gasteiger partial charge in [-0.25, -0.2) is 4.39 Å². The Labute approximate surface area is 286 Å². The third kappa shape index (κ3) is 7.49. The van der Waals surface area contributed by atoms with Crippen molar-refractivity contribution in [1.29, 1.82) is 0 Å². The number of para-hydroxylation sites is 1. The number of anilines is 2. The van der Waals surface area contributed by atoms with Crippen molar-refractivity contribution in [3.8, 4) is 0 Å². The largest absolute Gasteiger partial charge is 0.466 e. The van der Waals surface area contributed by atoms with Gasteiger partial charge in [-0.1, -0.05) is 29.8 Å². The molecule has 0 radical (unpaired) electrons. The maximum absolute atomic E-state index is 15.5. The molecule has 4 aliphatic rings. The first-order valence-electron chi connectivity index (χ1n) is 17.1. The molecule has 1 unspecified atom stereocenters. The van der Waals surface area contributed by atoms with E-state index in [1.165, 1.54) is 12.1 Å². The van der Waals surface area contributed by atoms with Crippen LogP contribution < -0.4 is 10.2 Å². The highest BCUT2D eigenvalue weighted by atomic mass is 35.5. The summed E-state index contributed by atoms with van der Waals surface area (Å²) in [6.45, 7) is 5.25. The first-order chi connectivity index (χ1) is 23.1. The van der Waals surface area contributed by atoms with Crippen molar-refractivity contribution in [2.24, 2.45) is 5.92 Å². The zero-order valence-electron chi connectivity index (χ0n) is 28.0. The summed E-state index contributed by atoms with van der Waals surface area (Å²) in [5.41, 5.74) is 2.26. The Bertz CT molecular complexity index is 1500. The average Bonchev–Trinajstić information content (AvgIpc) is 3.63. The van der Waals surface area contributed by atoms with Gasteiger partial charge in [-0.2, -0.15) is 0 Å². The summed E-state index contributed by atoms with van der Waals surface area (Å²) in [5, 5.41) is 2.99. The summed E-state index contributed by atoms with van der Waals surface area (Å²) < 4.78 is 32.5. The standard InChI is InChI=1S/C36H46ClFN4O6/c1-4-47-36(45)22-9-11-26(12-10-22)48-21-25-15-24(41-18-27(19-41)46-3)17-42(25)34(43)14-23-13-30(37)32(16-31(23)38)39-35(44)29-20-40(2)33-8-6-5-7-28(29)33/h5-8,13,16,22,24-27,29H,4,9-12,14-15,17-21H2,1-3H3,(H,39,44)/t22-,24-,25-,26-,29?/m0/s1. The van der Waals surface area contributed by atoms with E-state index in [4.69, 9.17) is 25.8 Å². The molecule has 3 atom stereocenters. The van der Waals surface area contributed by atoms with Crippen molar-refractivity contribution in [3.05, 3.63) is 58.4 Å². The number of hydrogen-bond donors (Lipinski definition) is 1. The summed E-state index contributed by atoms with van der Waals surface area (Å²) in [6, 6.07) is 10.4. The van der Waals surface area contributed by atoms with Crippen LogP contribution in [0.3, 0.4) is 0 Å². The number of amides is 2. The van der Waals surface area contributed by atoms with Crippen LogP contribution in [-0.4, -0.2) is 105 Å².